The molecule has 0 aliphatic heterocycles. The topological polar surface area (TPSA) is 41.1 Å². The van der Waals surface area contributed by atoms with Crippen molar-refractivity contribution < 1.29 is 4.79 Å². The van der Waals surface area contributed by atoms with Crippen LogP contribution in [0.1, 0.15) is 34.1 Å². The molecule has 14 heavy (non-hydrogen) atoms. The predicted molar refractivity (Wildman–Crippen MR) is 60.2 cm³/mol. The minimum absolute atomic E-state index is 0.0488. The molecule has 0 aliphatic carbocycles. The number of rotatable bonds is 6. The van der Waals surface area contributed by atoms with Gasteiger partial charge in [-0.1, -0.05) is 27.7 Å². The van der Waals surface area contributed by atoms with Gasteiger partial charge < -0.3 is 10.6 Å². The maximum Gasteiger partial charge on any atom is 0.224 e. The Morgan fingerprint density at radius 3 is 2.43 bits per heavy atom. The van der Waals surface area contributed by atoms with Gasteiger partial charge in [-0.05, 0) is 18.9 Å². The molecule has 0 aliphatic rings. The Labute approximate surface area is 87.6 Å². The van der Waals surface area contributed by atoms with Crippen molar-refractivity contribution in [3.8, 4) is 0 Å². The van der Waals surface area contributed by atoms with Crippen LogP contribution >= 0.6 is 0 Å². The maximum absolute atomic E-state index is 11.5. The molecule has 0 aromatic heterocycles. The third-order valence-corrected chi connectivity index (χ3v) is 2.66. The zero-order valence-corrected chi connectivity index (χ0v) is 10.1. The Balaban J connectivity index is 3.84. The highest BCUT2D eigenvalue weighted by Crippen LogP contribution is 2.17. The summed E-state index contributed by atoms with van der Waals surface area (Å²) in [6, 6.07) is 0. The Morgan fingerprint density at radius 2 is 2.00 bits per heavy atom. The summed E-state index contributed by atoms with van der Waals surface area (Å²) < 4.78 is 0. The number of hydrogen-bond donors (Lipinski definition) is 2. The molecule has 0 aromatic carbocycles. The molecule has 0 saturated heterocycles. The molecule has 3 heteroatoms. The van der Waals surface area contributed by atoms with E-state index in [0.717, 1.165) is 19.5 Å². The third kappa shape index (κ3) is 5.22. The highest BCUT2D eigenvalue weighted by atomic mass is 16.1. The second-order valence-corrected chi connectivity index (χ2v) is 4.69. The van der Waals surface area contributed by atoms with Crippen LogP contribution in [0.5, 0.6) is 0 Å². The quantitative estimate of drug-likeness (QED) is 0.680. The maximum atomic E-state index is 11.5. The molecule has 0 spiro atoms. The van der Waals surface area contributed by atoms with Crippen molar-refractivity contribution in [1.29, 1.82) is 0 Å². The molecule has 0 aromatic rings. The summed E-state index contributed by atoms with van der Waals surface area (Å²) in [6.07, 6.45) is 1.08. The first-order valence-electron chi connectivity index (χ1n) is 5.35. The lowest BCUT2D eigenvalue weighted by Crippen LogP contribution is -2.39. The molecule has 2 N–H and O–H groups in total. The van der Waals surface area contributed by atoms with E-state index in [2.05, 4.69) is 31.4 Å². The van der Waals surface area contributed by atoms with Gasteiger partial charge in [0.05, 0.1) is 0 Å². The summed E-state index contributed by atoms with van der Waals surface area (Å²) >= 11 is 0. The van der Waals surface area contributed by atoms with Gasteiger partial charge in [0.25, 0.3) is 0 Å². The molecule has 0 bridgehead atoms. The molecule has 0 radical (unpaired) electrons. The van der Waals surface area contributed by atoms with Crippen LogP contribution in [0.25, 0.3) is 0 Å². The Hall–Kier alpha value is -0.570. The molecule has 84 valence electrons. The van der Waals surface area contributed by atoms with Crippen LogP contribution in [0.2, 0.25) is 0 Å². The molecular formula is C11H24N2O. The van der Waals surface area contributed by atoms with Gasteiger partial charge in [0.2, 0.25) is 5.91 Å². The smallest absolute Gasteiger partial charge is 0.224 e. The monoisotopic (exact) mass is 200 g/mol. The molecule has 0 saturated carbocycles. The second-order valence-electron chi connectivity index (χ2n) is 4.69. The lowest BCUT2D eigenvalue weighted by molar-refractivity contribution is -0.124. The molecule has 1 amide bonds. The lowest BCUT2D eigenvalue weighted by atomic mass is 9.90. The van der Waals surface area contributed by atoms with Crippen LogP contribution in [0, 0.1) is 11.3 Å². The van der Waals surface area contributed by atoms with E-state index in [0.29, 0.717) is 0 Å². The fraction of sp³-hybridized carbons (Fsp3) is 0.909. The normalized spacial score (nSPS) is 13.8. The number of carbonyl (C=O) groups excluding carboxylic acids is 1. The third-order valence-electron chi connectivity index (χ3n) is 2.66. The molecule has 1 unspecified atom stereocenters. The van der Waals surface area contributed by atoms with E-state index in [9.17, 15) is 4.79 Å². The fourth-order valence-corrected chi connectivity index (χ4v) is 1.02. The molecule has 0 heterocycles. The Bertz CT molecular complexity index is 178. The standard InChI is InChI=1S/C11H24N2O/c1-6-11(3,4)8-13-10(14)9(2)7-12-5/h9,12H,6-8H2,1-5H3,(H,13,14). The van der Waals surface area contributed by atoms with Crippen molar-refractivity contribution >= 4 is 5.91 Å². The minimum atomic E-state index is 0.0488. The number of amides is 1. The number of hydrogen-bond acceptors (Lipinski definition) is 2. The average molecular weight is 200 g/mol. The van der Waals surface area contributed by atoms with Gasteiger partial charge >= 0.3 is 0 Å². The van der Waals surface area contributed by atoms with Gasteiger partial charge in [0.1, 0.15) is 0 Å². The largest absolute Gasteiger partial charge is 0.355 e. The molecule has 3 nitrogen and oxygen atoms in total. The van der Waals surface area contributed by atoms with Gasteiger partial charge in [0, 0.05) is 19.0 Å². The lowest BCUT2D eigenvalue weighted by Gasteiger charge is -2.24. The predicted octanol–water partition coefficient (Wildman–Crippen LogP) is 1.39. The van der Waals surface area contributed by atoms with Crippen LogP contribution in [0.4, 0.5) is 0 Å². The van der Waals surface area contributed by atoms with Crippen molar-refractivity contribution in [2.75, 3.05) is 20.1 Å². The average Bonchev–Trinajstić information content (AvgIpc) is 2.15. The zero-order chi connectivity index (χ0) is 11.2. The first-order chi connectivity index (χ1) is 6.43. The van der Waals surface area contributed by atoms with Crippen LogP contribution in [0.15, 0.2) is 0 Å². The van der Waals surface area contributed by atoms with E-state index >= 15 is 0 Å². The number of nitrogens with one attached hydrogen (secondary N) is 2. The van der Waals surface area contributed by atoms with Gasteiger partial charge in [-0.3, -0.25) is 4.79 Å². The second kappa shape index (κ2) is 6.02. The summed E-state index contributed by atoms with van der Waals surface area (Å²) in [5.41, 5.74) is 0.203. The van der Waals surface area contributed by atoms with Crippen LogP contribution in [-0.4, -0.2) is 26.0 Å². The van der Waals surface area contributed by atoms with Crippen molar-refractivity contribution in [3.05, 3.63) is 0 Å². The van der Waals surface area contributed by atoms with Gasteiger partial charge in [-0.2, -0.15) is 0 Å². The fourth-order valence-electron chi connectivity index (χ4n) is 1.02. The SMILES string of the molecule is CCC(C)(C)CNC(=O)C(C)CNC. The van der Waals surface area contributed by atoms with E-state index in [1.165, 1.54) is 0 Å². The summed E-state index contributed by atoms with van der Waals surface area (Å²) in [5, 5.41) is 5.98. The highest BCUT2D eigenvalue weighted by Gasteiger charge is 2.18. The van der Waals surface area contributed by atoms with Gasteiger partial charge in [-0.15, -0.1) is 0 Å². The minimum Gasteiger partial charge on any atom is -0.355 e. The van der Waals surface area contributed by atoms with Crippen LogP contribution in [-0.2, 0) is 4.79 Å². The molecule has 0 fully saturated rings. The van der Waals surface area contributed by atoms with E-state index in [1.807, 2.05) is 14.0 Å². The van der Waals surface area contributed by atoms with E-state index in [1.54, 1.807) is 0 Å². The summed E-state index contributed by atoms with van der Waals surface area (Å²) in [5.74, 6) is 0.188. The zero-order valence-electron chi connectivity index (χ0n) is 10.1. The van der Waals surface area contributed by atoms with Gasteiger partial charge in [0.15, 0.2) is 0 Å². The Kier molecular flexibility index (Phi) is 5.77. The van der Waals surface area contributed by atoms with Crippen molar-refractivity contribution in [2.45, 2.75) is 34.1 Å². The molecule has 1 atom stereocenters. The van der Waals surface area contributed by atoms with Crippen LogP contribution < -0.4 is 10.6 Å². The van der Waals surface area contributed by atoms with E-state index < -0.39 is 0 Å². The summed E-state index contributed by atoms with van der Waals surface area (Å²) in [6.45, 7) is 9.90. The highest BCUT2D eigenvalue weighted by molar-refractivity contribution is 5.78. The summed E-state index contributed by atoms with van der Waals surface area (Å²) in [4.78, 5) is 11.5. The van der Waals surface area contributed by atoms with Crippen molar-refractivity contribution in [3.63, 3.8) is 0 Å². The first-order valence-corrected chi connectivity index (χ1v) is 5.35. The van der Waals surface area contributed by atoms with Crippen LogP contribution in [0.3, 0.4) is 0 Å². The first kappa shape index (κ1) is 13.4. The van der Waals surface area contributed by atoms with Crippen molar-refractivity contribution in [1.82, 2.24) is 10.6 Å². The van der Waals surface area contributed by atoms with Crippen molar-refractivity contribution in [2.24, 2.45) is 11.3 Å². The number of carbonyl (C=O) groups is 1. The summed E-state index contributed by atoms with van der Waals surface area (Å²) in [7, 11) is 1.86. The van der Waals surface area contributed by atoms with Gasteiger partial charge in [-0.25, -0.2) is 0 Å². The van der Waals surface area contributed by atoms with E-state index in [4.69, 9.17) is 0 Å². The van der Waals surface area contributed by atoms with E-state index in [-0.39, 0.29) is 17.2 Å². The molecular weight excluding hydrogens is 176 g/mol. The molecule has 0 rings (SSSR count). The Morgan fingerprint density at radius 1 is 1.43 bits per heavy atom.